The second-order valence-corrected chi connectivity index (χ2v) is 9.62. The van der Waals surface area contributed by atoms with Crippen LogP contribution in [0.2, 0.25) is 0 Å². The zero-order valence-corrected chi connectivity index (χ0v) is 22.5. The molecule has 0 fully saturated rings. The molecule has 0 unspecified atom stereocenters. The zero-order chi connectivity index (χ0) is 28.0. The maximum atomic E-state index is 15.3. The molecule has 1 aliphatic rings. The van der Waals surface area contributed by atoms with Crippen LogP contribution < -0.4 is 14.2 Å². The lowest BCUT2D eigenvalue weighted by atomic mass is 10.1. The van der Waals surface area contributed by atoms with Crippen LogP contribution in [0.15, 0.2) is 114 Å². The summed E-state index contributed by atoms with van der Waals surface area (Å²) >= 11 is 0. The van der Waals surface area contributed by atoms with Gasteiger partial charge in [-0.3, -0.25) is 9.98 Å². The van der Waals surface area contributed by atoms with Crippen molar-refractivity contribution < 1.29 is 18.6 Å². The molecule has 0 radical (unpaired) electrons. The van der Waals surface area contributed by atoms with Crippen molar-refractivity contribution in [3.05, 3.63) is 132 Å². The molecule has 0 bridgehead atoms. The Balaban J connectivity index is 1.22. The van der Waals surface area contributed by atoms with Crippen LogP contribution in [0.25, 0.3) is 16.5 Å². The number of halogens is 1. The van der Waals surface area contributed by atoms with Crippen molar-refractivity contribution in [1.29, 1.82) is 0 Å². The Morgan fingerprint density at radius 1 is 0.805 bits per heavy atom. The number of ether oxygens (including phenoxy) is 3. The molecule has 0 aliphatic carbocycles. The van der Waals surface area contributed by atoms with Gasteiger partial charge in [-0.25, -0.2) is 4.39 Å². The Labute approximate surface area is 238 Å². The average molecular weight is 546 g/mol. The normalized spacial score (nSPS) is 12.7. The van der Waals surface area contributed by atoms with Gasteiger partial charge in [-0.1, -0.05) is 66.7 Å². The van der Waals surface area contributed by atoms with Crippen LogP contribution in [0, 0.1) is 5.82 Å². The van der Waals surface area contributed by atoms with Crippen LogP contribution in [0.5, 0.6) is 23.0 Å². The Bertz CT molecular complexity index is 1720. The highest BCUT2D eigenvalue weighted by atomic mass is 19.1. The van der Waals surface area contributed by atoms with Crippen molar-refractivity contribution in [2.75, 3.05) is 13.8 Å². The number of hydrogen-bond acceptors (Lipinski definition) is 6. The van der Waals surface area contributed by atoms with Crippen LogP contribution in [-0.4, -0.2) is 29.9 Å². The number of hydrogen-bond donors (Lipinski definition) is 0. The van der Waals surface area contributed by atoms with E-state index in [4.69, 9.17) is 14.2 Å². The minimum Gasteiger partial charge on any atom is -0.493 e. The van der Waals surface area contributed by atoms with E-state index in [1.165, 1.54) is 11.6 Å². The molecule has 2 heterocycles. The van der Waals surface area contributed by atoms with E-state index in [0.29, 0.717) is 41.4 Å². The Morgan fingerprint density at radius 2 is 1.59 bits per heavy atom. The van der Waals surface area contributed by atoms with Crippen molar-refractivity contribution in [2.24, 2.45) is 4.99 Å². The van der Waals surface area contributed by atoms with Gasteiger partial charge in [0.05, 0.1) is 12.6 Å². The number of nitrogens with zero attached hydrogens (tertiary/aromatic N) is 3. The van der Waals surface area contributed by atoms with E-state index in [-0.39, 0.29) is 5.75 Å². The van der Waals surface area contributed by atoms with Gasteiger partial charge >= 0.3 is 0 Å². The highest BCUT2D eigenvalue weighted by Crippen LogP contribution is 2.38. The Hall–Kier alpha value is -5.17. The highest BCUT2D eigenvalue weighted by molar-refractivity contribution is 6.10. The van der Waals surface area contributed by atoms with E-state index in [9.17, 15) is 0 Å². The van der Waals surface area contributed by atoms with Gasteiger partial charge in [-0.15, -0.1) is 0 Å². The standard InChI is InChI=1S/C34H28FN3O3/c1-39-33-17-28-30(18-34(33)40-22-25-10-6-3-7-11-25)37-15-14-31(28)41-32-13-12-26(16-29(32)35)27-19-36-23-38(21-27)20-24-8-4-2-5-9-24/h2-19,21H,20,22-23H2,1H3. The molecule has 0 saturated carbocycles. The second kappa shape index (κ2) is 11.9. The lowest BCUT2D eigenvalue weighted by Gasteiger charge is -2.23. The molecule has 204 valence electrons. The molecule has 1 aliphatic heterocycles. The topological polar surface area (TPSA) is 56.2 Å². The molecule has 0 atom stereocenters. The first-order chi connectivity index (χ1) is 20.2. The number of aliphatic imine (C=N–C) groups is 1. The fraction of sp³-hybridized carbons (Fsp3) is 0.118. The minimum atomic E-state index is -0.475. The summed E-state index contributed by atoms with van der Waals surface area (Å²) in [7, 11) is 1.58. The van der Waals surface area contributed by atoms with E-state index >= 15 is 4.39 Å². The average Bonchev–Trinajstić information content (AvgIpc) is 3.02. The fourth-order valence-electron chi connectivity index (χ4n) is 4.68. The molecule has 6 nitrogen and oxygen atoms in total. The first kappa shape index (κ1) is 26.1. The predicted molar refractivity (Wildman–Crippen MR) is 159 cm³/mol. The fourth-order valence-corrected chi connectivity index (χ4v) is 4.68. The molecule has 1 aromatic heterocycles. The molecular weight excluding hydrogens is 517 g/mol. The quantitative estimate of drug-likeness (QED) is 0.191. The Kier molecular flexibility index (Phi) is 7.58. The molecule has 0 N–H and O–H groups in total. The number of rotatable bonds is 9. The summed E-state index contributed by atoms with van der Waals surface area (Å²) in [5.41, 5.74) is 4.42. The summed E-state index contributed by atoms with van der Waals surface area (Å²) in [6.07, 6.45) is 5.41. The van der Waals surface area contributed by atoms with E-state index in [1.807, 2.05) is 60.8 Å². The third-order valence-electron chi connectivity index (χ3n) is 6.75. The van der Waals surface area contributed by atoms with E-state index in [1.54, 1.807) is 43.8 Å². The minimum absolute atomic E-state index is 0.110. The van der Waals surface area contributed by atoms with E-state index in [2.05, 4.69) is 27.0 Å². The van der Waals surface area contributed by atoms with Crippen LogP contribution in [0.3, 0.4) is 0 Å². The molecule has 41 heavy (non-hydrogen) atoms. The number of methoxy groups -OCH3 is 1. The van der Waals surface area contributed by atoms with Crippen molar-refractivity contribution in [3.8, 4) is 23.0 Å². The summed E-state index contributed by atoms with van der Waals surface area (Å²) in [4.78, 5) is 11.0. The summed E-state index contributed by atoms with van der Waals surface area (Å²) in [6.45, 7) is 1.67. The van der Waals surface area contributed by atoms with Gasteiger partial charge in [0.2, 0.25) is 0 Å². The largest absolute Gasteiger partial charge is 0.493 e. The maximum Gasteiger partial charge on any atom is 0.166 e. The molecule has 4 aromatic carbocycles. The first-order valence-corrected chi connectivity index (χ1v) is 13.3. The van der Waals surface area contributed by atoms with E-state index < -0.39 is 5.82 Å². The van der Waals surface area contributed by atoms with Gasteiger partial charge in [-0.05, 0) is 41.0 Å². The van der Waals surface area contributed by atoms with Gasteiger partial charge in [0.1, 0.15) is 19.0 Å². The summed E-state index contributed by atoms with van der Waals surface area (Å²) in [5.74, 6) is 1.19. The lowest BCUT2D eigenvalue weighted by molar-refractivity contribution is 0.285. The van der Waals surface area contributed by atoms with Gasteiger partial charge in [0.25, 0.3) is 0 Å². The molecule has 5 aromatic rings. The van der Waals surface area contributed by atoms with Gasteiger partial charge in [0, 0.05) is 42.2 Å². The molecule has 6 rings (SSSR count). The highest BCUT2D eigenvalue weighted by Gasteiger charge is 2.16. The first-order valence-electron chi connectivity index (χ1n) is 13.3. The molecular formula is C34H28FN3O3. The monoisotopic (exact) mass is 545 g/mol. The third kappa shape index (κ3) is 6.04. The van der Waals surface area contributed by atoms with Crippen LogP contribution >= 0.6 is 0 Å². The van der Waals surface area contributed by atoms with Crippen LogP contribution in [0.4, 0.5) is 4.39 Å². The Morgan fingerprint density at radius 3 is 2.34 bits per heavy atom. The lowest BCUT2D eigenvalue weighted by Crippen LogP contribution is -2.20. The van der Waals surface area contributed by atoms with E-state index in [0.717, 1.165) is 23.2 Å². The summed E-state index contributed by atoms with van der Waals surface area (Å²) in [6, 6.07) is 30.3. The van der Waals surface area contributed by atoms with Crippen LogP contribution in [0.1, 0.15) is 16.7 Å². The smallest absolute Gasteiger partial charge is 0.166 e. The molecule has 0 spiro atoms. The number of allylic oxidation sites excluding steroid dienone is 1. The number of fused-ring (bicyclic) bond motifs is 1. The second-order valence-electron chi connectivity index (χ2n) is 9.62. The van der Waals surface area contributed by atoms with Crippen molar-refractivity contribution >= 4 is 22.7 Å². The van der Waals surface area contributed by atoms with Crippen LogP contribution in [-0.2, 0) is 13.2 Å². The van der Waals surface area contributed by atoms with Crippen molar-refractivity contribution in [1.82, 2.24) is 9.88 Å². The zero-order valence-electron chi connectivity index (χ0n) is 22.5. The number of pyridine rings is 1. The molecule has 0 amide bonds. The number of benzene rings is 4. The molecule has 7 heteroatoms. The number of aromatic nitrogens is 1. The van der Waals surface area contributed by atoms with Gasteiger partial charge in [0.15, 0.2) is 23.1 Å². The van der Waals surface area contributed by atoms with Gasteiger partial charge in [-0.2, -0.15) is 0 Å². The van der Waals surface area contributed by atoms with Gasteiger partial charge < -0.3 is 19.1 Å². The summed E-state index contributed by atoms with van der Waals surface area (Å²) < 4.78 is 33.0. The molecule has 0 saturated heterocycles. The van der Waals surface area contributed by atoms with Crippen molar-refractivity contribution in [3.63, 3.8) is 0 Å². The maximum absolute atomic E-state index is 15.3. The van der Waals surface area contributed by atoms with Crippen molar-refractivity contribution in [2.45, 2.75) is 13.2 Å². The SMILES string of the molecule is COc1cc2c(Oc3ccc(C4=CN(Cc5ccccc5)CN=C4)cc3F)ccnc2cc1OCc1ccccc1. The third-order valence-corrected chi connectivity index (χ3v) is 6.75. The summed E-state index contributed by atoms with van der Waals surface area (Å²) in [5, 5.41) is 0.679. The predicted octanol–water partition coefficient (Wildman–Crippen LogP) is 7.64.